The lowest BCUT2D eigenvalue weighted by molar-refractivity contribution is 0.459. The minimum absolute atomic E-state index is 0.471. The first-order chi connectivity index (χ1) is 9.65. The van der Waals surface area contributed by atoms with Crippen LogP contribution in [-0.4, -0.2) is 17.0 Å². The van der Waals surface area contributed by atoms with E-state index in [9.17, 15) is 0 Å². The van der Waals surface area contributed by atoms with Crippen LogP contribution in [0, 0.1) is 6.92 Å². The molecule has 1 aliphatic carbocycles. The van der Waals surface area contributed by atoms with Crippen LogP contribution >= 0.6 is 11.6 Å². The quantitative estimate of drug-likeness (QED) is 0.918. The fourth-order valence-corrected chi connectivity index (χ4v) is 2.22. The maximum Gasteiger partial charge on any atom is 0.224 e. The molecule has 104 valence electrons. The number of benzene rings is 1. The second-order valence-corrected chi connectivity index (χ2v) is 5.42. The summed E-state index contributed by atoms with van der Waals surface area (Å²) in [5, 5.41) is 3.62. The number of rotatable bonds is 4. The summed E-state index contributed by atoms with van der Waals surface area (Å²) in [5.74, 6) is 3.21. The van der Waals surface area contributed by atoms with Gasteiger partial charge >= 0.3 is 0 Å². The van der Waals surface area contributed by atoms with E-state index >= 15 is 0 Å². The van der Waals surface area contributed by atoms with E-state index in [-0.39, 0.29) is 0 Å². The van der Waals surface area contributed by atoms with Crippen LogP contribution in [0.25, 0.3) is 0 Å². The molecule has 0 spiro atoms. The summed E-state index contributed by atoms with van der Waals surface area (Å²) < 4.78 is 5.80. The van der Waals surface area contributed by atoms with E-state index in [1.165, 1.54) is 0 Å². The molecule has 3 rings (SSSR count). The zero-order valence-electron chi connectivity index (χ0n) is 11.5. The van der Waals surface area contributed by atoms with Gasteiger partial charge in [-0.3, -0.25) is 0 Å². The first kappa shape index (κ1) is 13.2. The van der Waals surface area contributed by atoms with Gasteiger partial charge in [-0.05, 0) is 37.5 Å². The number of nitrogens with one attached hydrogen (secondary N) is 1. The molecule has 1 fully saturated rings. The summed E-state index contributed by atoms with van der Waals surface area (Å²) in [5.41, 5.74) is 1.10. The zero-order valence-corrected chi connectivity index (χ0v) is 12.2. The van der Waals surface area contributed by atoms with E-state index in [4.69, 9.17) is 16.3 Å². The fourth-order valence-electron chi connectivity index (χ4n) is 1.95. The van der Waals surface area contributed by atoms with Gasteiger partial charge in [0.25, 0.3) is 0 Å². The monoisotopic (exact) mass is 289 g/mol. The lowest BCUT2D eigenvalue weighted by atomic mass is 10.2. The van der Waals surface area contributed by atoms with Gasteiger partial charge in [-0.2, -0.15) is 4.98 Å². The molecule has 0 radical (unpaired) electrons. The first-order valence-electron chi connectivity index (χ1n) is 6.66. The Kier molecular flexibility index (Phi) is 3.49. The highest BCUT2D eigenvalue weighted by Gasteiger charge is 2.27. The van der Waals surface area contributed by atoms with E-state index in [1.54, 1.807) is 6.07 Å². The Morgan fingerprint density at radius 1 is 1.25 bits per heavy atom. The standard InChI is InChI=1S/C15H16ClN3O/c1-9-3-6-12(11(16)7-9)20-14-8-13(17-2)18-15(19-14)10-4-5-10/h3,6-8,10H,4-5H2,1-2H3,(H,17,18,19). The fraction of sp³-hybridized carbons (Fsp3) is 0.333. The highest BCUT2D eigenvalue weighted by molar-refractivity contribution is 6.32. The zero-order chi connectivity index (χ0) is 14.1. The SMILES string of the molecule is CNc1cc(Oc2ccc(C)cc2Cl)nc(C2CC2)n1. The van der Waals surface area contributed by atoms with Crippen LogP contribution in [0.3, 0.4) is 0 Å². The Labute approximate surface area is 123 Å². The first-order valence-corrected chi connectivity index (χ1v) is 7.04. The van der Waals surface area contributed by atoms with E-state index in [0.717, 1.165) is 30.0 Å². The largest absolute Gasteiger partial charge is 0.437 e. The maximum atomic E-state index is 6.18. The molecule has 1 aromatic carbocycles. The summed E-state index contributed by atoms with van der Waals surface area (Å²) in [6.07, 6.45) is 2.30. The molecular formula is C15H16ClN3O. The van der Waals surface area contributed by atoms with Crippen LogP contribution in [0.15, 0.2) is 24.3 Å². The van der Waals surface area contributed by atoms with Crippen molar-refractivity contribution in [1.82, 2.24) is 9.97 Å². The molecule has 1 saturated carbocycles. The third kappa shape index (κ3) is 2.85. The summed E-state index contributed by atoms with van der Waals surface area (Å²) in [6.45, 7) is 1.99. The van der Waals surface area contributed by atoms with E-state index < -0.39 is 0 Å². The second kappa shape index (κ2) is 5.29. The Balaban J connectivity index is 1.91. The molecule has 1 aromatic heterocycles. The molecule has 0 amide bonds. The van der Waals surface area contributed by atoms with Crippen molar-refractivity contribution in [1.29, 1.82) is 0 Å². The van der Waals surface area contributed by atoms with E-state index in [2.05, 4.69) is 15.3 Å². The number of aryl methyl sites for hydroxylation is 1. The van der Waals surface area contributed by atoms with Gasteiger partial charge in [0.2, 0.25) is 5.88 Å². The molecule has 20 heavy (non-hydrogen) atoms. The number of aromatic nitrogens is 2. The lowest BCUT2D eigenvalue weighted by Crippen LogP contribution is -2.01. The minimum Gasteiger partial charge on any atom is -0.437 e. The Morgan fingerprint density at radius 3 is 2.70 bits per heavy atom. The van der Waals surface area contributed by atoms with Gasteiger partial charge in [0.05, 0.1) is 5.02 Å². The molecule has 0 aliphatic heterocycles. The van der Waals surface area contributed by atoms with Gasteiger partial charge in [0.1, 0.15) is 17.4 Å². The topological polar surface area (TPSA) is 47.0 Å². The van der Waals surface area contributed by atoms with E-state index in [0.29, 0.717) is 22.6 Å². The minimum atomic E-state index is 0.471. The molecule has 0 unspecified atom stereocenters. The van der Waals surface area contributed by atoms with Gasteiger partial charge in [-0.1, -0.05) is 17.7 Å². The Morgan fingerprint density at radius 2 is 2.05 bits per heavy atom. The van der Waals surface area contributed by atoms with Crippen LogP contribution in [0.4, 0.5) is 5.82 Å². The number of nitrogens with zero attached hydrogens (tertiary/aromatic N) is 2. The van der Waals surface area contributed by atoms with Crippen molar-refractivity contribution in [2.24, 2.45) is 0 Å². The summed E-state index contributed by atoms with van der Waals surface area (Å²) in [4.78, 5) is 8.93. The van der Waals surface area contributed by atoms with Crippen molar-refractivity contribution in [2.45, 2.75) is 25.7 Å². The third-order valence-electron chi connectivity index (χ3n) is 3.22. The van der Waals surface area contributed by atoms with Crippen LogP contribution in [0.2, 0.25) is 5.02 Å². The maximum absolute atomic E-state index is 6.18. The van der Waals surface area contributed by atoms with Crippen molar-refractivity contribution < 1.29 is 4.74 Å². The Bertz CT molecular complexity index is 641. The van der Waals surface area contributed by atoms with Crippen molar-refractivity contribution in [3.63, 3.8) is 0 Å². The van der Waals surface area contributed by atoms with Gasteiger partial charge < -0.3 is 10.1 Å². The van der Waals surface area contributed by atoms with Crippen molar-refractivity contribution in [2.75, 3.05) is 12.4 Å². The average molecular weight is 290 g/mol. The van der Waals surface area contributed by atoms with Gasteiger partial charge in [0.15, 0.2) is 0 Å². The van der Waals surface area contributed by atoms with Crippen LogP contribution in [-0.2, 0) is 0 Å². The number of ether oxygens (including phenoxy) is 1. The molecule has 0 saturated heterocycles. The summed E-state index contributed by atoms with van der Waals surface area (Å²) in [6, 6.07) is 7.47. The third-order valence-corrected chi connectivity index (χ3v) is 3.52. The molecule has 5 heteroatoms. The molecule has 1 N–H and O–H groups in total. The predicted octanol–water partition coefficient (Wildman–Crippen LogP) is 4.15. The number of hydrogen-bond acceptors (Lipinski definition) is 4. The van der Waals surface area contributed by atoms with Crippen molar-refractivity contribution in [3.8, 4) is 11.6 Å². The van der Waals surface area contributed by atoms with Crippen molar-refractivity contribution in [3.05, 3.63) is 40.7 Å². The second-order valence-electron chi connectivity index (χ2n) is 5.01. The van der Waals surface area contributed by atoms with Crippen LogP contribution < -0.4 is 10.1 Å². The highest BCUT2D eigenvalue weighted by Crippen LogP contribution is 2.39. The molecular weight excluding hydrogens is 274 g/mol. The number of halogens is 1. The van der Waals surface area contributed by atoms with Crippen LogP contribution in [0.1, 0.15) is 30.1 Å². The summed E-state index contributed by atoms with van der Waals surface area (Å²) >= 11 is 6.18. The lowest BCUT2D eigenvalue weighted by Gasteiger charge is -2.10. The van der Waals surface area contributed by atoms with Crippen molar-refractivity contribution >= 4 is 17.4 Å². The van der Waals surface area contributed by atoms with Crippen LogP contribution in [0.5, 0.6) is 11.6 Å². The van der Waals surface area contributed by atoms with Gasteiger partial charge in [0, 0.05) is 19.0 Å². The molecule has 0 atom stereocenters. The van der Waals surface area contributed by atoms with Gasteiger partial charge in [-0.15, -0.1) is 0 Å². The molecule has 1 aliphatic rings. The predicted molar refractivity (Wildman–Crippen MR) is 79.8 cm³/mol. The Hall–Kier alpha value is -1.81. The normalized spacial score (nSPS) is 14.2. The number of anilines is 1. The molecule has 1 heterocycles. The average Bonchev–Trinajstić information content (AvgIpc) is 3.26. The van der Waals surface area contributed by atoms with Gasteiger partial charge in [-0.25, -0.2) is 4.98 Å². The smallest absolute Gasteiger partial charge is 0.224 e. The van der Waals surface area contributed by atoms with E-state index in [1.807, 2.05) is 32.2 Å². The molecule has 0 bridgehead atoms. The summed E-state index contributed by atoms with van der Waals surface area (Å²) in [7, 11) is 1.83. The molecule has 4 nitrogen and oxygen atoms in total. The molecule has 2 aromatic rings. The highest BCUT2D eigenvalue weighted by atomic mass is 35.5. The number of hydrogen-bond donors (Lipinski definition) is 1.